The lowest BCUT2D eigenvalue weighted by Gasteiger charge is -2.07. The number of nitrogens with zero attached hydrogens (tertiary/aromatic N) is 2. The molecule has 0 saturated carbocycles. The highest BCUT2D eigenvalue weighted by molar-refractivity contribution is 5.08. The maximum Gasteiger partial charge on any atom is 0.142 e. The zero-order chi connectivity index (χ0) is 9.84. The van der Waals surface area contributed by atoms with E-state index in [2.05, 4.69) is 29.1 Å². The van der Waals surface area contributed by atoms with Crippen LogP contribution in [0.1, 0.15) is 31.1 Å². The maximum absolute atomic E-state index is 4.33. The average molecular weight is 179 g/mol. The summed E-state index contributed by atoms with van der Waals surface area (Å²) in [4.78, 5) is 8.66. The second kappa shape index (κ2) is 4.33. The fraction of sp³-hybridized carbons (Fsp3) is 0.600. The topological polar surface area (TPSA) is 37.8 Å². The Kier molecular flexibility index (Phi) is 3.37. The summed E-state index contributed by atoms with van der Waals surface area (Å²) in [7, 11) is 0. The van der Waals surface area contributed by atoms with E-state index >= 15 is 0 Å². The summed E-state index contributed by atoms with van der Waals surface area (Å²) in [6.07, 6.45) is 0. The van der Waals surface area contributed by atoms with Crippen LogP contribution in [0.4, 0.5) is 0 Å². The number of hydrogen-bond acceptors (Lipinski definition) is 3. The predicted molar refractivity (Wildman–Crippen MR) is 53.5 cm³/mol. The molecule has 0 saturated heterocycles. The van der Waals surface area contributed by atoms with E-state index in [1.54, 1.807) is 0 Å². The van der Waals surface area contributed by atoms with Crippen LogP contribution in [0.15, 0.2) is 6.07 Å². The van der Waals surface area contributed by atoms with Crippen LogP contribution in [-0.2, 0) is 6.54 Å². The van der Waals surface area contributed by atoms with Crippen LogP contribution in [0.25, 0.3) is 0 Å². The van der Waals surface area contributed by atoms with Crippen molar-refractivity contribution in [2.45, 2.75) is 40.3 Å². The van der Waals surface area contributed by atoms with Crippen molar-refractivity contribution in [3.63, 3.8) is 0 Å². The Morgan fingerprint density at radius 1 is 1.23 bits per heavy atom. The molecule has 3 heteroatoms. The lowest BCUT2D eigenvalue weighted by Crippen LogP contribution is -2.23. The third-order valence-electron chi connectivity index (χ3n) is 1.70. The number of hydrogen-bond donors (Lipinski definition) is 1. The molecule has 0 fully saturated rings. The molecule has 1 N–H and O–H groups in total. The second-order valence-electron chi connectivity index (χ2n) is 3.60. The Balaban J connectivity index is 2.66. The standard InChI is InChI=1S/C10H17N3/c1-7(2)11-6-10-12-8(3)5-9(4)13-10/h5,7,11H,6H2,1-4H3. The van der Waals surface area contributed by atoms with Crippen molar-refractivity contribution < 1.29 is 0 Å². The lowest BCUT2D eigenvalue weighted by molar-refractivity contribution is 0.570. The minimum absolute atomic E-state index is 0.476. The summed E-state index contributed by atoms with van der Waals surface area (Å²) in [5.74, 6) is 0.881. The highest BCUT2D eigenvalue weighted by atomic mass is 15.0. The van der Waals surface area contributed by atoms with Gasteiger partial charge in [-0.1, -0.05) is 13.8 Å². The van der Waals surface area contributed by atoms with Gasteiger partial charge < -0.3 is 5.32 Å². The fourth-order valence-electron chi connectivity index (χ4n) is 1.17. The van der Waals surface area contributed by atoms with Gasteiger partial charge in [-0.05, 0) is 19.9 Å². The minimum Gasteiger partial charge on any atom is -0.308 e. The van der Waals surface area contributed by atoms with E-state index in [0.29, 0.717) is 6.04 Å². The highest BCUT2D eigenvalue weighted by Crippen LogP contribution is 1.98. The van der Waals surface area contributed by atoms with Crippen LogP contribution in [0.2, 0.25) is 0 Å². The van der Waals surface area contributed by atoms with Gasteiger partial charge in [0.1, 0.15) is 5.82 Å². The number of aryl methyl sites for hydroxylation is 2. The molecule has 72 valence electrons. The van der Waals surface area contributed by atoms with Gasteiger partial charge >= 0.3 is 0 Å². The Morgan fingerprint density at radius 3 is 2.23 bits per heavy atom. The first-order valence-corrected chi connectivity index (χ1v) is 4.62. The molecular weight excluding hydrogens is 162 g/mol. The molecule has 0 unspecified atom stereocenters. The number of rotatable bonds is 3. The molecule has 0 aliphatic carbocycles. The van der Waals surface area contributed by atoms with Crippen LogP contribution >= 0.6 is 0 Å². The van der Waals surface area contributed by atoms with Crippen LogP contribution in [-0.4, -0.2) is 16.0 Å². The van der Waals surface area contributed by atoms with Crippen LogP contribution in [0, 0.1) is 13.8 Å². The van der Waals surface area contributed by atoms with E-state index in [9.17, 15) is 0 Å². The van der Waals surface area contributed by atoms with Crippen molar-refractivity contribution in [2.24, 2.45) is 0 Å². The Bertz CT molecular complexity index is 261. The lowest BCUT2D eigenvalue weighted by atomic mass is 10.3. The third-order valence-corrected chi connectivity index (χ3v) is 1.70. The molecule has 0 bridgehead atoms. The van der Waals surface area contributed by atoms with E-state index in [0.717, 1.165) is 23.8 Å². The molecule has 0 spiro atoms. The van der Waals surface area contributed by atoms with Gasteiger partial charge in [0.25, 0.3) is 0 Å². The van der Waals surface area contributed by atoms with Gasteiger partial charge in [0.15, 0.2) is 0 Å². The molecule has 1 aromatic rings. The SMILES string of the molecule is Cc1cc(C)nc(CNC(C)C)n1. The minimum atomic E-state index is 0.476. The van der Waals surface area contributed by atoms with Gasteiger partial charge in [-0.25, -0.2) is 9.97 Å². The first-order valence-electron chi connectivity index (χ1n) is 4.62. The average Bonchev–Trinajstić information content (AvgIpc) is 1.99. The van der Waals surface area contributed by atoms with Crippen molar-refractivity contribution in [1.29, 1.82) is 0 Å². The summed E-state index contributed by atoms with van der Waals surface area (Å²) in [6.45, 7) is 8.96. The predicted octanol–water partition coefficient (Wildman–Crippen LogP) is 1.59. The molecule has 0 amide bonds. The summed E-state index contributed by atoms with van der Waals surface area (Å²) in [5, 5.41) is 3.29. The molecule has 0 radical (unpaired) electrons. The van der Waals surface area contributed by atoms with E-state index in [4.69, 9.17) is 0 Å². The molecule has 1 aromatic heterocycles. The number of aromatic nitrogens is 2. The van der Waals surface area contributed by atoms with Crippen molar-refractivity contribution in [3.05, 3.63) is 23.3 Å². The van der Waals surface area contributed by atoms with Gasteiger partial charge in [-0.2, -0.15) is 0 Å². The molecular formula is C10H17N3. The van der Waals surface area contributed by atoms with Gasteiger partial charge in [0.2, 0.25) is 0 Å². The Hall–Kier alpha value is -0.960. The van der Waals surface area contributed by atoms with E-state index in [1.807, 2.05) is 19.9 Å². The molecule has 0 aliphatic heterocycles. The number of nitrogens with one attached hydrogen (secondary N) is 1. The van der Waals surface area contributed by atoms with Gasteiger partial charge in [0.05, 0.1) is 6.54 Å². The quantitative estimate of drug-likeness (QED) is 0.765. The first kappa shape index (κ1) is 10.1. The Morgan fingerprint density at radius 2 is 1.77 bits per heavy atom. The van der Waals surface area contributed by atoms with E-state index in [1.165, 1.54) is 0 Å². The molecule has 1 rings (SSSR count). The monoisotopic (exact) mass is 179 g/mol. The van der Waals surface area contributed by atoms with Gasteiger partial charge in [-0.3, -0.25) is 0 Å². The molecule has 0 atom stereocenters. The molecule has 0 aliphatic rings. The summed E-state index contributed by atoms with van der Waals surface area (Å²) in [6, 6.07) is 2.46. The van der Waals surface area contributed by atoms with E-state index in [-0.39, 0.29) is 0 Å². The first-order chi connectivity index (χ1) is 6.08. The maximum atomic E-state index is 4.33. The zero-order valence-electron chi connectivity index (χ0n) is 8.76. The summed E-state index contributed by atoms with van der Waals surface area (Å²) in [5.41, 5.74) is 2.07. The second-order valence-corrected chi connectivity index (χ2v) is 3.60. The van der Waals surface area contributed by atoms with E-state index < -0.39 is 0 Å². The van der Waals surface area contributed by atoms with Gasteiger partial charge in [0, 0.05) is 17.4 Å². The molecule has 3 nitrogen and oxygen atoms in total. The third kappa shape index (κ3) is 3.51. The smallest absolute Gasteiger partial charge is 0.142 e. The van der Waals surface area contributed by atoms with Crippen LogP contribution in [0.5, 0.6) is 0 Å². The van der Waals surface area contributed by atoms with Crippen molar-refractivity contribution in [3.8, 4) is 0 Å². The van der Waals surface area contributed by atoms with Crippen LogP contribution < -0.4 is 5.32 Å². The van der Waals surface area contributed by atoms with Crippen LogP contribution in [0.3, 0.4) is 0 Å². The molecule has 13 heavy (non-hydrogen) atoms. The molecule has 1 heterocycles. The largest absolute Gasteiger partial charge is 0.308 e. The summed E-state index contributed by atoms with van der Waals surface area (Å²) < 4.78 is 0. The normalized spacial score (nSPS) is 10.8. The zero-order valence-corrected chi connectivity index (χ0v) is 8.76. The van der Waals surface area contributed by atoms with Crippen molar-refractivity contribution in [1.82, 2.24) is 15.3 Å². The highest BCUT2D eigenvalue weighted by Gasteiger charge is 1.99. The molecule has 0 aromatic carbocycles. The van der Waals surface area contributed by atoms with Crippen molar-refractivity contribution in [2.75, 3.05) is 0 Å². The fourth-order valence-corrected chi connectivity index (χ4v) is 1.17. The summed E-state index contributed by atoms with van der Waals surface area (Å²) >= 11 is 0. The Labute approximate surface area is 79.6 Å². The van der Waals surface area contributed by atoms with Gasteiger partial charge in [-0.15, -0.1) is 0 Å². The van der Waals surface area contributed by atoms with Crippen molar-refractivity contribution >= 4 is 0 Å².